The molecule has 60 valence electrons. The molecular weight excluding hydrogens is 146 g/mol. The molecule has 0 saturated heterocycles. The Bertz CT molecular complexity index is 331. The maximum atomic E-state index is 8.53. The number of rotatable bonds is 2. The lowest BCUT2D eigenvalue weighted by Gasteiger charge is -2.01. The molecule has 0 spiro atoms. The normalized spacial score (nSPS) is 9.00. The second-order valence-corrected chi connectivity index (χ2v) is 2.72. The van der Waals surface area contributed by atoms with Gasteiger partial charge in [0, 0.05) is 0 Å². The van der Waals surface area contributed by atoms with Gasteiger partial charge in [0.15, 0.2) is 0 Å². The first-order valence-corrected chi connectivity index (χ1v) is 3.87. The SMILES string of the molecule is C=Cc1ccc(C)c(CC#N)c1. The number of benzene rings is 1. The number of hydrogen-bond acceptors (Lipinski definition) is 1. The quantitative estimate of drug-likeness (QED) is 0.647. The summed E-state index contributed by atoms with van der Waals surface area (Å²) >= 11 is 0. The zero-order valence-electron chi connectivity index (χ0n) is 7.17. The second-order valence-electron chi connectivity index (χ2n) is 2.72. The Morgan fingerprint density at radius 1 is 1.58 bits per heavy atom. The highest BCUT2D eigenvalue weighted by molar-refractivity contribution is 5.50. The minimum absolute atomic E-state index is 0.480. The summed E-state index contributed by atoms with van der Waals surface area (Å²) in [5, 5.41) is 8.53. The summed E-state index contributed by atoms with van der Waals surface area (Å²) in [6.45, 7) is 5.69. The molecule has 1 nitrogen and oxygen atoms in total. The average molecular weight is 157 g/mol. The third-order valence-corrected chi connectivity index (χ3v) is 1.88. The van der Waals surface area contributed by atoms with Crippen molar-refractivity contribution in [2.24, 2.45) is 0 Å². The topological polar surface area (TPSA) is 23.8 Å². The standard InChI is InChI=1S/C11H11N/c1-3-10-5-4-9(2)11(8-10)6-7-12/h3-5,8H,1,6H2,2H3. The van der Waals surface area contributed by atoms with Gasteiger partial charge in [-0.2, -0.15) is 5.26 Å². The van der Waals surface area contributed by atoms with Crippen LogP contribution in [0.5, 0.6) is 0 Å². The maximum Gasteiger partial charge on any atom is 0.0669 e. The first-order chi connectivity index (χ1) is 5.77. The van der Waals surface area contributed by atoms with Crippen molar-refractivity contribution in [3.8, 4) is 6.07 Å². The minimum atomic E-state index is 0.480. The Balaban J connectivity index is 3.09. The number of hydrogen-bond donors (Lipinski definition) is 0. The summed E-state index contributed by atoms with van der Waals surface area (Å²) < 4.78 is 0. The highest BCUT2D eigenvalue weighted by atomic mass is 14.2. The predicted molar refractivity (Wildman–Crippen MR) is 50.6 cm³/mol. The van der Waals surface area contributed by atoms with E-state index in [1.54, 1.807) is 6.08 Å². The Hall–Kier alpha value is -1.55. The third-order valence-electron chi connectivity index (χ3n) is 1.88. The highest BCUT2D eigenvalue weighted by Crippen LogP contribution is 2.12. The molecule has 1 aromatic rings. The van der Waals surface area contributed by atoms with Gasteiger partial charge in [-0.1, -0.05) is 30.9 Å². The van der Waals surface area contributed by atoms with Crippen molar-refractivity contribution in [3.63, 3.8) is 0 Å². The lowest BCUT2D eigenvalue weighted by molar-refractivity contribution is 1.21. The number of nitriles is 1. The average Bonchev–Trinajstić information content (AvgIpc) is 2.09. The predicted octanol–water partition coefficient (Wildman–Crippen LogP) is 2.70. The molecule has 0 aromatic heterocycles. The van der Waals surface area contributed by atoms with Crippen LogP contribution in [0.3, 0.4) is 0 Å². The van der Waals surface area contributed by atoms with Gasteiger partial charge in [-0.15, -0.1) is 0 Å². The van der Waals surface area contributed by atoms with Crippen LogP contribution >= 0.6 is 0 Å². The molecule has 1 aromatic carbocycles. The van der Waals surface area contributed by atoms with E-state index in [4.69, 9.17) is 5.26 Å². The Labute approximate surface area is 73.0 Å². The van der Waals surface area contributed by atoms with Gasteiger partial charge in [0.1, 0.15) is 0 Å². The molecule has 0 heterocycles. The first-order valence-electron chi connectivity index (χ1n) is 3.87. The van der Waals surface area contributed by atoms with Crippen LogP contribution in [0.25, 0.3) is 6.08 Å². The zero-order chi connectivity index (χ0) is 8.97. The lowest BCUT2D eigenvalue weighted by Crippen LogP contribution is -1.87. The van der Waals surface area contributed by atoms with Crippen LogP contribution in [0.15, 0.2) is 24.8 Å². The molecule has 0 aliphatic carbocycles. The van der Waals surface area contributed by atoms with E-state index in [9.17, 15) is 0 Å². The van der Waals surface area contributed by atoms with Crippen molar-refractivity contribution in [2.75, 3.05) is 0 Å². The van der Waals surface area contributed by atoms with Crippen molar-refractivity contribution < 1.29 is 0 Å². The van der Waals surface area contributed by atoms with E-state index in [2.05, 4.69) is 12.6 Å². The van der Waals surface area contributed by atoms with Crippen molar-refractivity contribution >= 4 is 6.08 Å². The van der Waals surface area contributed by atoms with Crippen molar-refractivity contribution in [3.05, 3.63) is 41.5 Å². The van der Waals surface area contributed by atoms with Crippen LogP contribution in [0.1, 0.15) is 16.7 Å². The van der Waals surface area contributed by atoms with E-state index in [1.807, 2.05) is 25.1 Å². The molecule has 0 aliphatic heterocycles. The van der Waals surface area contributed by atoms with Gasteiger partial charge in [-0.25, -0.2) is 0 Å². The molecule has 0 radical (unpaired) electrons. The summed E-state index contributed by atoms with van der Waals surface area (Å²) in [6.07, 6.45) is 2.27. The largest absolute Gasteiger partial charge is 0.198 e. The van der Waals surface area contributed by atoms with Crippen molar-refractivity contribution in [1.82, 2.24) is 0 Å². The summed E-state index contributed by atoms with van der Waals surface area (Å²) in [5.74, 6) is 0. The number of aryl methyl sites for hydroxylation is 1. The van der Waals surface area contributed by atoms with Gasteiger partial charge in [0.2, 0.25) is 0 Å². The molecule has 0 amide bonds. The van der Waals surface area contributed by atoms with Crippen LogP contribution in [0, 0.1) is 18.3 Å². The van der Waals surface area contributed by atoms with Gasteiger partial charge in [0.05, 0.1) is 12.5 Å². The lowest BCUT2D eigenvalue weighted by atomic mass is 10.0. The molecule has 0 atom stereocenters. The highest BCUT2D eigenvalue weighted by Gasteiger charge is 1.97. The number of nitrogens with zero attached hydrogens (tertiary/aromatic N) is 1. The molecule has 0 saturated carbocycles. The fraction of sp³-hybridized carbons (Fsp3) is 0.182. The monoisotopic (exact) mass is 157 g/mol. The molecule has 12 heavy (non-hydrogen) atoms. The van der Waals surface area contributed by atoms with E-state index in [0.717, 1.165) is 11.1 Å². The summed E-state index contributed by atoms with van der Waals surface area (Å²) in [6, 6.07) is 8.17. The first kappa shape index (κ1) is 8.55. The fourth-order valence-electron chi connectivity index (χ4n) is 1.09. The van der Waals surface area contributed by atoms with Crippen LogP contribution in [-0.4, -0.2) is 0 Å². The Morgan fingerprint density at radius 2 is 2.33 bits per heavy atom. The molecule has 1 heteroatoms. The van der Waals surface area contributed by atoms with E-state index in [1.165, 1.54) is 5.56 Å². The summed E-state index contributed by atoms with van der Waals surface area (Å²) in [7, 11) is 0. The van der Waals surface area contributed by atoms with Gasteiger partial charge < -0.3 is 0 Å². The maximum absolute atomic E-state index is 8.53. The summed E-state index contributed by atoms with van der Waals surface area (Å²) in [5.41, 5.74) is 3.34. The third kappa shape index (κ3) is 1.73. The fourth-order valence-corrected chi connectivity index (χ4v) is 1.09. The van der Waals surface area contributed by atoms with Gasteiger partial charge in [-0.05, 0) is 23.6 Å². The van der Waals surface area contributed by atoms with Gasteiger partial charge >= 0.3 is 0 Å². The van der Waals surface area contributed by atoms with Crippen LogP contribution in [0.2, 0.25) is 0 Å². The summed E-state index contributed by atoms with van der Waals surface area (Å²) in [4.78, 5) is 0. The van der Waals surface area contributed by atoms with Crippen LogP contribution < -0.4 is 0 Å². The molecule has 1 rings (SSSR count). The van der Waals surface area contributed by atoms with E-state index < -0.39 is 0 Å². The van der Waals surface area contributed by atoms with Crippen molar-refractivity contribution in [2.45, 2.75) is 13.3 Å². The smallest absolute Gasteiger partial charge is 0.0669 e. The van der Waals surface area contributed by atoms with E-state index in [-0.39, 0.29) is 0 Å². The molecule has 0 bridgehead atoms. The van der Waals surface area contributed by atoms with E-state index in [0.29, 0.717) is 6.42 Å². The van der Waals surface area contributed by atoms with Crippen molar-refractivity contribution in [1.29, 1.82) is 5.26 Å². The van der Waals surface area contributed by atoms with Crippen LogP contribution in [-0.2, 0) is 6.42 Å². The molecule has 0 N–H and O–H groups in total. The van der Waals surface area contributed by atoms with Gasteiger partial charge in [-0.3, -0.25) is 0 Å². The van der Waals surface area contributed by atoms with E-state index >= 15 is 0 Å². The molecule has 0 unspecified atom stereocenters. The Morgan fingerprint density at radius 3 is 2.92 bits per heavy atom. The Kier molecular flexibility index (Phi) is 2.66. The zero-order valence-corrected chi connectivity index (χ0v) is 7.17. The molecule has 0 fully saturated rings. The van der Waals surface area contributed by atoms with Crippen LogP contribution in [0.4, 0.5) is 0 Å². The molecule has 0 aliphatic rings. The minimum Gasteiger partial charge on any atom is -0.198 e. The van der Waals surface area contributed by atoms with Gasteiger partial charge in [0.25, 0.3) is 0 Å². The second kappa shape index (κ2) is 3.73. The molecular formula is C11H11N.